The zero-order valence-corrected chi connectivity index (χ0v) is 14.7. The third-order valence-electron chi connectivity index (χ3n) is 4.21. The third-order valence-corrected chi connectivity index (χ3v) is 4.21. The van der Waals surface area contributed by atoms with Gasteiger partial charge in [0.1, 0.15) is 0 Å². The van der Waals surface area contributed by atoms with Gasteiger partial charge in [-0.15, -0.1) is 5.06 Å². The van der Waals surface area contributed by atoms with Gasteiger partial charge in [0.2, 0.25) is 0 Å². The lowest BCUT2D eigenvalue weighted by Gasteiger charge is -2.33. The lowest BCUT2D eigenvalue weighted by atomic mass is 9.98. The molecule has 1 saturated heterocycles. The average Bonchev–Trinajstić information content (AvgIpc) is 2.83. The number of hydrogen-bond acceptors (Lipinski definition) is 4. The SMILES string of the molecule is CC(C)C[C@@H]1CC(=O)ON1[C@H](COCc1ccccc1)C(C)C. The minimum absolute atomic E-state index is 0.0916. The molecule has 1 heterocycles. The summed E-state index contributed by atoms with van der Waals surface area (Å²) in [7, 11) is 0. The van der Waals surface area contributed by atoms with Crippen LogP contribution in [0.4, 0.5) is 0 Å². The summed E-state index contributed by atoms with van der Waals surface area (Å²) in [5, 5.41) is 1.90. The Morgan fingerprint density at radius 2 is 1.91 bits per heavy atom. The average molecular weight is 319 g/mol. The third kappa shape index (κ3) is 5.33. The van der Waals surface area contributed by atoms with Crippen molar-refractivity contribution in [1.29, 1.82) is 0 Å². The van der Waals surface area contributed by atoms with E-state index < -0.39 is 0 Å². The van der Waals surface area contributed by atoms with Crippen molar-refractivity contribution < 1.29 is 14.4 Å². The second kappa shape index (κ2) is 8.46. The molecule has 2 atom stereocenters. The number of hydrogen-bond donors (Lipinski definition) is 0. The molecule has 128 valence electrons. The van der Waals surface area contributed by atoms with Gasteiger partial charge in [0, 0.05) is 0 Å². The Hall–Kier alpha value is -1.39. The van der Waals surface area contributed by atoms with Crippen molar-refractivity contribution in [3.05, 3.63) is 35.9 Å². The highest BCUT2D eigenvalue weighted by Crippen LogP contribution is 2.27. The molecule has 1 aliphatic rings. The summed E-state index contributed by atoms with van der Waals surface area (Å²) in [4.78, 5) is 17.3. The summed E-state index contributed by atoms with van der Waals surface area (Å²) in [6.07, 6.45) is 1.45. The Labute approximate surface area is 139 Å². The Morgan fingerprint density at radius 3 is 2.52 bits per heavy atom. The molecule has 0 N–H and O–H groups in total. The summed E-state index contributed by atoms with van der Waals surface area (Å²) in [6, 6.07) is 10.4. The second-order valence-corrected chi connectivity index (χ2v) is 7.12. The number of nitrogens with zero attached hydrogens (tertiary/aromatic N) is 1. The fourth-order valence-corrected chi connectivity index (χ4v) is 3.01. The van der Waals surface area contributed by atoms with Crippen molar-refractivity contribution in [2.75, 3.05) is 6.61 Å². The van der Waals surface area contributed by atoms with E-state index in [2.05, 4.69) is 39.8 Å². The lowest BCUT2D eigenvalue weighted by molar-refractivity contribution is -0.199. The summed E-state index contributed by atoms with van der Waals surface area (Å²) < 4.78 is 5.91. The Kier molecular flexibility index (Phi) is 6.60. The Balaban J connectivity index is 1.95. The Morgan fingerprint density at radius 1 is 1.22 bits per heavy atom. The number of benzene rings is 1. The standard InChI is InChI=1S/C19H29NO3/c1-14(2)10-17-11-19(21)23-20(17)18(15(3)4)13-22-12-16-8-6-5-7-9-16/h5-9,14-15,17-18H,10-13H2,1-4H3/t17-,18-/m1/s1. The molecule has 0 unspecified atom stereocenters. The summed E-state index contributed by atoms with van der Waals surface area (Å²) in [6.45, 7) is 9.80. The van der Waals surface area contributed by atoms with Crippen LogP contribution >= 0.6 is 0 Å². The highest BCUT2D eigenvalue weighted by Gasteiger charge is 2.39. The fourth-order valence-electron chi connectivity index (χ4n) is 3.01. The van der Waals surface area contributed by atoms with E-state index in [1.54, 1.807) is 0 Å². The normalized spacial score (nSPS) is 20.3. The van der Waals surface area contributed by atoms with Gasteiger partial charge < -0.3 is 9.57 Å². The van der Waals surface area contributed by atoms with Crippen molar-refractivity contribution in [2.45, 2.75) is 59.2 Å². The molecule has 4 heteroatoms. The molecule has 4 nitrogen and oxygen atoms in total. The number of ether oxygens (including phenoxy) is 1. The van der Waals surface area contributed by atoms with Crippen LogP contribution in [0.3, 0.4) is 0 Å². The zero-order valence-electron chi connectivity index (χ0n) is 14.7. The Bertz CT molecular complexity index is 487. The first-order chi connectivity index (χ1) is 11.0. The summed E-state index contributed by atoms with van der Waals surface area (Å²) in [5.41, 5.74) is 1.16. The van der Waals surface area contributed by atoms with Gasteiger partial charge in [-0.2, -0.15) is 0 Å². The molecule has 0 radical (unpaired) electrons. The maximum absolute atomic E-state index is 11.8. The van der Waals surface area contributed by atoms with Gasteiger partial charge >= 0.3 is 5.97 Å². The molecule has 0 aromatic heterocycles. The highest BCUT2D eigenvalue weighted by molar-refractivity contribution is 5.71. The zero-order chi connectivity index (χ0) is 16.8. The van der Waals surface area contributed by atoms with E-state index in [4.69, 9.17) is 9.57 Å². The molecule has 1 aromatic rings. The molecular formula is C19H29NO3. The van der Waals surface area contributed by atoms with Crippen LogP contribution in [0, 0.1) is 11.8 Å². The van der Waals surface area contributed by atoms with Crippen molar-refractivity contribution in [3.63, 3.8) is 0 Å². The second-order valence-electron chi connectivity index (χ2n) is 7.12. The highest BCUT2D eigenvalue weighted by atomic mass is 16.7. The number of hydroxylamine groups is 2. The minimum Gasteiger partial charge on any atom is -0.375 e. The molecule has 0 bridgehead atoms. The van der Waals surface area contributed by atoms with Gasteiger partial charge in [-0.25, -0.2) is 0 Å². The quantitative estimate of drug-likeness (QED) is 0.730. The molecule has 1 aliphatic heterocycles. The van der Waals surface area contributed by atoms with Crippen LogP contribution in [0.2, 0.25) is 0 Å². The van der Waals surface area contributed by atoms with Gasteiger partial charge in [-0.1, -0.05) is 58.0 Å². The van der Waals surface area contributed by atoms with Gasteiger partial charge in [-0.3, -0.25) is 4.79 Å². The lowest BCUT2D eigenvalue weighted by Crippen LogP contribution is -2.44. The number of carbonyl (C=O) groups excluding carboxylic acids is 1. The molecule has 0 aliphatic carbocycles. The van der Waals surface area contributed by atoms with Crippen LogP contribution in [0.15, 0.2) is 30.3 Å². The maximum atomic E-state index is 11.8. The van der Waals surface area contributed by atoms with E-state index in [0.29, 0.717) is 31.5 Å². The first-order valence-corrected chi connectivity index (χ1v) is 8.58. The van der Waals surface area contributed by atoms with Gasteiger partial charge in [-0.05, 0) is 23.8 Å². The van der Waals surface area contributed by atoms with Crippen LogP contribution in [-0.2, 0) is 21.0 Å². The first-order valence-electron chi connectivity index (χ1n) is 8.58. The maximum Gasteiger partial charge on any atom is 0.326 e. The van der Waals surface area contributed by atoms with Crippen LogP contribution in [0.25, 0.3) is 0 Å². The number of rotatable bonds is 8. The number of carbonyl (C=O) groups is 1. The van der Waals surface area contributed by atoms with Crippen LogP contribution in [0.1, 0.15) is 46.1 Å². The minimum atomic E-state index is -0.121. The van der Waals surface area contributed by atoms with Crippen molar-refractivity contribution >= 4 is 5.97 Å². The van der Waals surface area contributed by atoms with Gasteiger partial charge in [0.05, 0.1) is 31.7 Å². The summed E-state index contributed by atoms with van der Waals surface area (Å²) in [5.74, 6) is 0.769. The van der Waals surface area contributed by atoms with E-state index in [0.717, 1.165) is 12.0 Å². The van der Waals surface area contributed by atoms with E-state index in [1.807, 2.05) is 23.3 Å². The van der Waals surface area contributed by atoms with Crippen molar-refractivity contribution in [2.24, 2.45) is 11.8 Å². The molecule has 0 amide bonds. The van der Waals surface area contributed by atoms with Crippen LogP contribution < -0.4 is 0 Å². The van der Waals surface area contributed by atoms with Gasteiger partial charge in [0.25, 0.3) is 0 Å². The largest absolute Gasteiger partial charge is 0.375 e. The van der Waals surface area contributed by atoms with Gasteiger partial charge in [0.15, 0.2) is 0 Å². The fraction of sp³-hybridized carbons (Fsp3) is 0.632. The van der Waals surface area contributed by atoms with E-state index in [-0.39, 0.29) is 18.1 Å². The van der Waals surface area contributed by atoms with Crippen LogP contribution in [-0.4, -0.2) is 29.7 Å². The molecule has 2 rings (SSSR count). The molecule has 0 saturated carbocycles. The van der Waals surface area contributed by atoms with E-state index in [1.165, 1.54) is 0 Å². The predicted molar refractivity (Wildman–Crippen MR) is 90.5 cm³/mol. The molecule has 0 spiro atoms. The molecular weight excluding hydrogens is 290 g/mol. The monoisotopic (exact) mass is 319 g/mol. The smallest absolute Gasteiger partial charge is 0.326 e. The molecule has 1 aromatic carbocycles. The predicted octanol–water partition coefficient (Wildman–Crippen LogP) is 3.81. The van der Waals surface area contributed by atoms with Crippen molar-refractivity contribution in [3.8, 4) is 0 Å². The first kappa shape index (κ1) is 18.0. The van der Waals surface area contributed by atoms with Crippen molar-refractivity contribution in [1.82, 2.24) is 5.06 Å². The van der Waals surface area contributed by atoms with E-state index >= 15 is 0 Å². The summed E-state index contributed by atoms with van der Waals surface area (Å²) >= 11 is 0. The molecule has 23 heavy (non-hydrogen) atoms. The molecule has 1 fully saturated rings. The topological polar surface area (TPSA) is 38.8 Å². The van der Waals surface area contributed by atoms with E-state index in [9.17, 15) is 4.79 Å². The van der Waals surface area contributed by atoms with Crippen LogP contribution in [0.5, 0.6) is 0 Å².